The van der Waals surface area contributed by atoms with Crippen LogP contribution in [-0.2, 0) is 23.1 Å². The minimum atomic E-state index is -4.10. The Kier molecular flexibility index (Phi) is 9.28. The molecule has 0 saturated carbocycles. The minimum absolute atomic E-state index is 0.0587. The number of ether oxygens (including phenoxy) is 4. The second kappa shape index (κ2) is 13.3. The quantitative estimate of drug-likeness (QED) is 0.180. The number of hydrogen-bond acceptors (Lipinski definition) is 9. The zero-order valence-electron chi connectivity index (χ0n) is 25.7. The van der Waals surface area contributed by atoms with E-state index in [1.165, 1.54) is 29.8 Å². The Labute approximate surface area is 261 Å². The van der Waals surface area contributed by atoms with Gasteiger partial charge in [-0.3, -0.25) is 9.52 Å². The summed E-state index contributed by atoms with van der Waals surface area (Å²) in [6.45, 7) is 6.15. The highest BCUT2D eigenvalue weighted by Gasteiger charge is 2.22. The van der Waals surface area contributed by atoms with E-state index in [9.17, 15) is 13.2 Å². The van der Waals surface area contributed by atoms with Crippen LogP contribution in [0.2, 0.25) is 0 Å². The number of sulfonamides is 1. The number of nitrogens with one attached hydrogen (secondary N) is 2. The van der Waals surface area contributed by atoms with E-state index >= 15 is 0 Å². The van der Waals surface area contributed by atoms with Gasteiger partial charge < -0.3 is 23.9 Å². The molecule has 12 nitrogen and oxygen atoms in total. The van der Waals surface area contributed by atoms with Crippen LogP contribution >= 0.6 is 0 Å². The number of hydrogen-bond donors (Lipinski definition) is 2. The number of H-pyrrole nitrogens is 1. The first-order chi connectivity index (χ1) is 21.7. The van der Waals surface area contributed by atoms with Crippen LogP contribution in [0.25, 0.3) is 16.9 Å². The predicted molar refractivity (Wildman–Crippen MR) is 170 cm³/mol. The Morgan fingerprint density at radius 3 is 2.47 bits per heavy atom. The first-order valence-electron chi connectivity index (χ1n) is 14.4. The molecule has 0 spiro atoms. The van der Waals surface area contributed by atoms with Crippen molar-refractivity contribution in [2.24, 2.45) is 0 Å². The van der Waals surface area contributed by atoms with Gasteiger partial charge in [0.05, 0.1) is 42.7 Å². The molecule has 5 aromatic rings. The van der Waals surface area contributed by atoms with Gasteiger partial charge in [0.15, 0.2) is 22.8 Å². The zero-order chi connectivity index (χ0) is 32.1. The van der Waals surface area contributed by atoms with E-state index < -0.39 is 10.0 Å². The molecule has 0 fully saturated rings. The number of benzene rings is 3. The molecule has 2 heterocycles. The number of aryl methyl sites for hydroxylation is 2. The molecule has 45 heavy (non-hydrogen) atoms. The van der Waals surface area contributed by atoms with Crippen molar-refractivity contribution in [1.29, 1.82) is 0 Å². The summed E-state index contributed by atoms with van der Waals surface area (Å²) in [6.07, 6.45) is 1.43. The van der Waals surface area contributed by atoms with Gasteiger partial charge in [-0.2, -0.15) is 0 Å². The third-order valence-electron chi connectivity index (χ3n) is 6.98. The number of methoxy groups -OCH3 is 2. The fourth-order valence-corrected chi connectivity index (χ4v) is 5.95. The Balaban J connectivity index is 1.45. The van der Waals surface area contributed by atoms with E-state index in [2.05, 4.69) is 19.8 Å². The summed E-state index contributed by atoms with van der Waals surface area (Å²) in [4.78, 5) is 20.3. The molecule has 0 aliphatic heterocycles. The van der Waals surface area contributed by atoms with E-state index in [1.807, 2.05) is 38.1 Å². The molecule has 2 N–H and O–H groups in total. The average molecular weight is 634 g/mol. The molecule has 5 rings (SSSR count). The number of anilines is 1. The van der Waals surface area contributed by atoms with Crippen molar-refractivity contribution in [2.75, 3.05) is 25.5 Å². The largest absolute Gasteiger partial charge is 0.497 e. The number of aromatic amines is 1. The number of aromatic nitrogens is 4. The zero-order valence-corrected chi connectivity index (χ0v) is 26.5. The monoisotopic (exact) mass is 633 g/mol. The van der Waals surface area contributed by atoms with Crippen molar-refractivity contribution in [3.63, 3.8) is 0 Å². The second-order valence-corrected chi connectivity index (χ2v) is 11.8. The summed E-state index contributed by atoms with van der Waals surface area (Å²) >= 11 is 0. The Hall–Kier alpha value is -5.04. The maximum atomic E-state index is 13.6. The Morgan fingerprint density at radius 1 is 0.933 bits per heavy atom. The van der Waals surface area contributed by atoms with Gasteiger partial charge in [0.1, 0.15) is 23.9 Å². The Morgan fingerprint density at radius 2 is 1.73 bits per heavy atom. The highest BCUT2D eigenvalue weighted by atomic mass is 32.2. The van der Waals surface area contributed by atoms with Crippen LogP contribution in [0.4, 0.5) is 5.69 Å². The van der Waals surface area contributed by atoms with Gasteiger partial charge in [-0.1, -0.05) is 19.1 Å². The third-order valence-corrected chi connectivity index (χ3v) is 8.36. The van der Waals surface area contributed by atoms with Crippen LogP contribution in [0.15, 0.2) is 70.4 Å². The third kappa shape index (κ3) is 6.73. The molecule has 13 heteroatoms. The van der Waals surface area contributed by atoms with E-state index in [0.717, 1.165) is 12.0 Å². The number of imidazole rings is 1. The summed E-state index contributed by atoms with van der Waals surface area (Å²) in [5, 5.41) is 4.64. The van der Waals surface area contributed by atoms with Crippen LogP contribution in [0.5, 0.6) is 23.0 Å². The molecule has 0 saturated heterocycles. The molecular weight excluding hydrogens is 598 g/mol. The van der Waals surface area contributed by atoms with Gasteiger partial charge >= 0.3 is 0 Å². The molecular formula is C32H35N5O7S. The lowest BCUT2D eigenvalue weighted by Crippen LogP contribution is -2.17. The van der Waals surface area contributed by atoms with Crippen LogP contribution in [0.1, 0.15) is 37.4 Å². The SMILES string of the molecule is CCCc1nc(C)c2c(=O)[nH]c(-c3cc(S(=O)(=O)Nc4ccc(OCc5cccc(OC)c5)c(OC)c4)ccc3OCC)nn12. The van der Waals surface area contributed by atoms with E-state index in [0.29, 0.717) is 58.6 Å². The molecule has 236 valence electrons. The number of rotatable bonds is 13. The number of fused-ring (bicyclic) bond motifs is 1. The van der Waals surface area contributed by atoms with Crippen molar-refractivity contribution in [3.05, 3.63) is 88.1 Å². The maximum Gasteiger partial charge on any atom is 0.277 e. The van der Waals surface area contributed by atoms with E-state index in [1.54, 1.807) is 32.2 Å². The van der Waals surface area contributed by atoms with Crippen LogP contribution in [-0.4, -0.2) is 48.8 Å². The van der Waals surface area contributed by atoms with Gasteiger partial charge in [-0.25, -0.2) is 17.9 Å². The molecule has 0 aliphatic rings. The van der Waals surface area contributed by atoms with Crippen LogP contribution in [0, 0.1) is 6.92 Å². The fourth-order valence-electron chi connectivity index (χ4n) is 4.87. The summed E-state index contributed by atoms with van der Waals surface area (Å²) < 4.78 is 53.8. The highest BCUT2D eigenvalue weighted by Crippen LogP contribution is 2.34. The molecule has 0 atom stereocenters. The van der Waals surface area contributed by atoms with Gasteiger partial charge in [0.25, 0.3) is 15.6 Å². The molecule has 3 aromatic carbocycles. The van der Waals surface area contributed by atoms with E-state index in [-0.39, 0.29) is 28.6 Å². The van der Waals surface area contributed by atoms with Crippen LogP contribution in [0.3, 0.4) is 0 Å². The van der Waals surface area contributed by atoms with Gasteiger partial charge in [-0.15, -0.1) is 5.10 Å². The molecule has 0 bridgehead atoms. The lowest BCUT2D eigenvalue weighted by atomic mass is 10.2. The van der Waals surface area contributed by atoms with Crippen molar-refractivity contribution in [3.8, 4) is 34.4 Å². The minimum Gasteiger partial charge on any atom is -0.497 e. The normalized spacial score (nSPS) is 11.4. The molecule has 2 aromatic heterocycles. The van der Waals surface area contributed by atoms with Crippen molar-refractivity contribution < 1.29 is 27.4 Å². The Bertz CT molecular complexity index is 2000. The summed E-state index contributed by atoms with van der Waals surface area (Å²) in [6, 6.07) is 16.6. The van der Waals surface area contributed by atoms with Crippen molar-refractivity contribution in [2.45, 2.75) is 45.1 Å². The topological polar surface area (TPSA) is 146 Å². The second-order valence-electron chi connectivity index (χ2n) is 10.1. The first-order valence-corrected chi connectivity index (χ1v) is 15.9. The summed E-state index contributed by atoms with van der Waals surface area (Å²) in [5.41, 5.74) is 2.00. The van der Waals surface area contributed by atoms with Crippen molar-refractivity contribution in [1.82, 2.24) is 19.6 Å². The summed E-state index contributed by atoms with van der Waals surface area (Å²) in [7, 11) is -1.03. The predicted octanol–water partition coefficient (Wildman–Crippen LogP) is 5.14. The molecule has 0 aliphatic carbocycles. The van der Waals surface area contributed by atoms with Gasteiger partial charge in [0, 0.05) is 12.5 Å². The standard InChI is InChI=1S/C32H35N5O7S/c1-6-9-29-33-20(3)30-32(38)34-31(35-37(29)30)25-18-24(13-15-26(25)43-7-2)45(39,40)36-22-12-14-27(28(17-22)42-5)44-19-21-10-8-11-23(16-21)41-4/h8,10-18,36H,6-7,9,19H2,1-5H3,(H,34,35,38). The highest BCUT2D eigenvalue weighted by molar-refractivity contribution is 7.92. The molecule has 0 amide bonds. The maximum absolute atomic E-state index is 13.6. The van der Waals surface area contributed by atoms with Gasteiger partial charge in [0.2, 0.25) is 0 Å². The molecule has 0 unspecified atom stereocenters. The average Bonchev–Trinajstić information content (AvgIpc) is 3.35. The smallest absolute Gasteiger partial charge is 0.277 e. The van der Waals surface area contributed by atoms with Crippen molar-refractivity contribution >= 4 is 21.2 Å². The van der Waals surface area contributed by atoms with E-state index in [4.69, 9.17) is 18.9 Å². The molecule has 0 radical (unpaired) electrons. The number of nitrogens with zero attached hydrogens (tertiary/aromatic N) is 3. The first kappa shape index (κ1) is 31.4. The van der Waals surface area contributed by atoms with Crippen LogP contribution < -0.4 is 29.2 Å². The van der Waals surface area contributed by atoms with Gasteiger partial charge in [-0.05, 0) is 68.3 Å². The lowest BCUT2D eigenvalue weighted by molar-refractivity contribution is 0.284. The lowest BCUT2D eigenvalue weighted by Gasteiger charge is -2.15. The fraction of sp³-hybridized carbons (Fsp3) is 0.281. The summed E-state index contributed by atoms with van der Waals surface area (Å²) in [5.74, 6) is 2.67.